The summed E-state index contributed by atoms with van der Waals surface area (Å²) in [5.41, 5.74) is 0. The molecule has 0 aromatic carbocycles. The van der Waals surface area contributed by atoms with Crippen LogP contribution in [0.3, 0.4) is 0 Å². The van der Waals surface area contributed by atoms with Crippen molar-refractivity contribution in [2.24, 2.45) is 0 Å². The van der Waals surface area contributed by atoms with Gasteiger partial charge in [-0.25, -0.2) is 8.42 Å². The van der Waals surface area contributed by atoms with Gasteiger partial charge in [-0.1, -0.05) is 58.3 Å². The second-order valence-corrected chi connectivity index (χ2v) is 7.01. The SMILES string of the molecule is CCCCCCCCCCC(C)(C(=O)[O-])S(=O)(=O)[O-].[Na+].[Na+]. The average molecular weight is 338 g/mol. The van der Waals surface area contributed by atoms with Crippen LogP contribution in [0, 0.1) is 0 Å². The first-order chi connectivity index (χ1) is 8.75. The molecule has 0 fully saturated rings. The van der Waals surface area contributed by atoms with E-state index in [4.69, 9.17) is 0 Å². The number of carbonyl (C=O) groups is 1. The third kappa shape index (κ3) is 10.7. The maximum absolute atomic E-state index is 11.0. The summed E-state index contributed by atoms with van der Waals surface area (Å²) in [6.45, 7) is 3.08. The van der Waals surface area contributed by atoms with Crippen molar-refractivity contribution in [1.29, 1.82) is 0 Å². The molecule has 0 saturated carbocycles. The second-order valence-electron chi connectivity index (χ2n) is 5.20. The summed E-state index contributed by atoms with van der Waals surface area (Å²) in [6.07, 6.45) is 7.73. The number of rotatable bonds is 11. The zero-order valence-electron chi connectivity index (χ0n) is 13.8. The molecule has 0 aromatic rings. The van der Waals surface area contributed by atoms with Crippen molar-refractivity contribution in [3.05, 3.63) is 0 Å². The fourth-order valence-electron chi connectivity index (χ4n) is 1.93. The van der Waals surface area contributed by atoms with E-state index in [1.165, 1.54) is 19.3 Å². The first-order valence-electron chi connectivity index (χ1n) is 6.92. The molecule has 0 bridgehead atoms. The predicted octanol–water partition coefficient (Wildman–Crippen LogP) is -4.42. The van der Waals surface area contributed by atoms with Crippen LogP contribution in [0.5, 0.6) is 0 Å². The maximum Gasteiger partial charge on any atom is 1.00 e. The summed E-state index contributed by atoms with van der Waals surface area (Å²) in [5, 5.41) is 10.8. The molecular formula is C13H24Na2O5S. The standard InChI is InChI=1S/C13H26O5S.2Na/c1-3-4-5-6-7-8-9-10-11-13(2,12(14)15)19(16,17)18;;/h3-11H2,1-2H3,(H,14,15)(H,16,17,18);;/q;2*+1/p-2. The summed E-state index contributed by atoms with van der Waals surface area (Å²) in [7, 11) is -4.88. The summed E-state index contributed by atoms with van der Waals surface area (Å²) in [6, 6.07) is 0. The van der Waals surface area contributed by atoms with Crippen molar-refractivity contribution in [3.63, 3.8) is 0 Å². The van der Waals surface area contributed by atoms with Crippen molar-refractivity contribution >= 4 is 16.1 Å². The van der Waals surface area contributed by atoms with Gasteiger partial charge in [-0.2, -0.15) is 0 Å². The number of carbonyl (C=O) groups excluding carboxylic acids is 1. The van der Waals surface area contributed by atoms with E-state index in [0.29, 0.717) is 6.42 Å². The molecule has 0 N–H and O–H groups in total. The van der Waals surface area contributed by atoms with Gasteiger partial charge in [0.1, 0.15) is 10.1 Å². The van der Waals surface area contributed by atoms with Crippen LogP contribution in [0.1, 0.15) is 71.6 Å². The first-order valence-corrected chi connectivity index (χ1v) is 8.33. The van der Waals surface area contributed by atoms with Crippen molar-refractivity contribution in [3.8, 4) is 0 Å². The van der Waals surface area contributed by atoms with Gasteiger partial charge in [-0.05, 0) is 13.3 Å². The molecule has 0 amide bonds. The summed E-state index contributed by atoms with van der Waals surface area (Å²) in [5.74, 6) is -1.80. The Hall–Kier alpha value is 1.38. The third-order valence-electron chi connectivity index (χ3n) is 3.49. The maximum atomic E-state index is 11.0. The molecule has 1 atom stereocenters. The molecule has 8 heteroatoms. The van der Waals surface area contributed by atoms with E-state index < -0.39 is 20.8 Å². The number of unbranched alkanes of at least 4 members (excludes halogenated alkanes) is 7. The molecular weight excluding hydrogens is 314 g/mol. The van der Waals surface area contributed by atoms with Crippen molar-refractivity contribution in [2.45, 2.75) is 76.4 Å². The summed E-state index contributed by atoms with van der Waals surface area (Å²) >= 11 is 0. The Morgan fingerprint density at radius 2 is 1.33 bits per heavy atom. The molecule has 0 radical (unpaired) electrons. The zero-order valence-corrected chi connectivity index (χ0v) is 18.6. The molecule has 0 aliphatic carbocycles. The van der Waals surface area contributed by atoms with E-state index >= 15 is 0 Å². The Bertz CT molecular complexity index is 373. The Kier molecular flexibility index (Phi) is 17.9. The van der Waals surface area contributed by atoms with Gasteiger partial charge in [0, 0.05) is 0 Å². The van der Waals surface area contributed by atoms with Crippen LogP contribution in [-0.2, 0) is 14.9 Å². The van der Waals surface area contributed by atoms with Crippen LogP contribution >= 0.6 is 0 Å². The van der Waals surface area contributed by atoms with E-state index in [0.717, 1.165) is 32.6 Å². The normalized spacial score (nSPS) is 13.7. The van der Waals surface area contributed by atoms with E-state index in [-0.39, 0.29) is 65.5 Å². The molecule has 0 aromatic heterocycles. The molecule has 1 unspecified atom stereocenters. The molecule has 0 aliphatic heterocycles. The smallest absolute Gasteiger partial charge is 0.747 e. The number of hydrogen-bond donors (Lipinski definition) is 0. The predicted molar refractivity (Wildman–Crippen MR) is 70.3 cm³/mol. The van der Waals surface area contributed by atoms with Crippen LogP contribution in [0.2, 0.25) is 0 Å². The van der Waals surface area contributed by atoms with Gasteiger partial charge < -0.3 is 14.5 Å². The second kappa shape index (κ2) is 13.8. The van der Waals surface area contributed by atoms with E-state index in [1.807, 2.05) is 0 Å². The minimum Gasteiger partial charge on any atom is -0.747 e. The van der Waals surface area contributed by atoms with E-state index in [1.54, 1.807) is 0 Å². The molecule has 0 saturated heterocycles. The van der Waals surface area contributed by atoms with Gasteiger partial charge in [0.05, 0.1) is 10.7 Å². The van der Waals surface area contributed by atoms with Crippen LogP contribution in [0.4, 0.5) is 0 Å². The fraction of sp³-hybridized carbons (Fsp3) is 0.923. The Labute approximate surface area is 173 Å². The first kappa shape index (κ1) is 27.2. The molecule has 0 heterocycles. The number of carboxylic acid groups (broad SMARTS) is 1. The average Bonchev–Trinajstić information content (AvgIpc) is 2.30. The molecule has 0 spiro atoms. The van der Waals surface area contributed by atoms with Gasteiger partial charge in [0.2, 0.25) is 0 Å². The van der Waals surface area contributed by atoms with Crippen LogP contribution < -0.4 is 64.2 Å². The zero-order chi connectivity index (χ0) is 14.9. The fourth-order valence-corrected chi connectivity index (χ4v) is 2.52. The number of aliphatic carboxylic acids is 1. The van der Waals surface area contributed by atoms with Crippen molar-refractivity contribution in [2.75, 3.05) is 0 Å². The summed E-state index contributed by atoms with van der Waals surface area (Å²) in [4.78, 5) is 10.8. The van der Waals surface area contributed by atoms with Gasteiger partial charge >= 0.3 is 59.1 Å². The van der Waals surface area contributed by atoms with Crippen LogP contribution in [-0.4, -0.2) is 23.7 Å². The molecule has 5 nitrogen and oxygen atoms in total. The van der Waals surface area contributed by atoms with Gasteiger partial charge in [0.15, 0.2) is 0 Å². The van der Waals surface area contributed by atoms with Crippen molar-refractivity contribution < 1.29 is 82.0 Å². The largest absolute Gasteiger partial charge is 1.00 e. The number of carboxylic acids is 1. The van der Waals surface area contributed by atoms with Crippen molar-refractivity contribution in [1.82, 2.24) is 0 Å². The Morgan fingerprint density at radius 1 is 0.952 bits per heavy atom. The minimum atomic E-state index is -4.88. The van der Waals surface area contributed by atoms with Gasteiger partial charge in [-0.3, -0.25) is 0 Å². The minimum absolute atomic E-state index is 0. The molecule has 0 rings (SSSR count). The topological polar surface area (TPSA) is 97.3 Å². The Morgan fingerprint density at radius 3 is 1.67 bits per heavy atom. The molecule has 0 aliphatic rings. The van der Waals surface area contributed by atoms with Crippen LogP contribution in [0.15, 0.2) is 0 Å². The van der Waals surface area contributed by atoms with E-state index in [2.05, 4.69) is 6.92 Å². The molecule has 114 valence electrons. The third-order valence-corrected chi connectivity index (χ3v) is 4.97. The number of hydrogen-bond acceptors (Lipinski definition) is 5. The Balaban J connectivity index is -0.00000162. The van der Waals surface area contributed by atoms with Gasteiger partial charge in [-0.15, -0.1) is 0 Å². The monoisotopic (exact) mass is 338 g/mol. The van der Waals surface area contributed by atoms with E-state index in [9.17, 15) is 22.9 Å². The quantitative estimate of drug-likeness (QED) is 0.215. The van der Waals surface area contributed by atoms with Crippen LogP contribution in [0.25, 0.3) is 0 Å². The molecule has 21 heavy (non-hydrogen) atoms. The summed E-state index contributed by atoms with van der Waals surface area (Å²) < 4.78 is 30.6. The van der Waals surface area contributed by atoms with Gasteiger partial charge in [0.25, 0.3) is 0 Å².